The summed E-state index contributed by atoms with van der Waals surface area (Å²) in [6.07, 6.45) is 4.80. The van der Waals surface area contributed by atoms with Crippen LogP contribution in [0.25, 0.3) is 0 Å². The van der Waals surface area contributed by atoms with Crippen LogP contribution in [-0.4, -0.2) is 29.9 Å². The fourth-order valence-electron chi connectivity index (χ4n) is 3.32. The maximum absolute atomic E-state index is 12.2. The second-order valence-corrected chi connectivity index (χ2v) is 6.85. The standard InChI is InChI=1S/C18H26N2O/c1-13(2)11-19-18(21)12-20(15-8-9-15)17-10-7-14-5-3-4-6-16(14)17/h3-6,13,15,17H,7-12H2,1-2H3,(H,19,21)/t17-/m1/s1. The number of nitrogens with one attached hydrogen (secondary N) is 1. The number of aryl methyl sites for hydroxylation is 1. The van der Waals surface area contributed by atoms with Crippen molar-refractivity contribution in [1.82, 2.24) is 10.2 Å². The van der Waals surface area contributed by atoms with Crippen molar-refractivity contribution >= 4 is 5.91 Å². The van der Waals surface area contributed by atoms with Crippen LogP contribution < -0.4 is 5.32 Å². The fraction of sp³-hybridized carbons (Fsp3) is 0.611. The maximum atomic E-state index is 12.2. The first-order chi connectivity index (χ1) is 10.1. The molecule has 1 N–H and O–H groups in total. The fourth-order valence-corrected chi connectivity index (χ4v) is 3.32. The summed E-state index contributed by atoms with van der Waals surface area (Å²) in [7, 11) is 0. The van der Waals surface area contributed by atoms with E-state index in [2.05, 4.69) is 48.3 Å². The van der Waals surface area contributed by atoms with Crippen molar-refractivity contribution in [2.24, 2.45) is 5.92 Å². The van der Waals surface area contributed by atoms with Gasteiger partial charge in [0.25, 0.3) is 0 Å². The quantitative estimate of drug-likeness (QED) is 0.872. The van der Waals surface area contributed by atoms with Gasteiger partial charge in [-0.05, 0) is 42.7 Å². The SMILES string of the molecule is CC(C)CNC(=O)CN(C1CC1)[C@@H]1CCc2ccccc21. The van der Waals surface area contributed by atoms with Crippen molar-refractivity contribution in [2.45, 2.75) is 51.6 Å². The van der Waals surface area contributed by atoms with E-state index < -0.39 is 0 Å². The number of benzene rings is 1. The third-order valence-corrected chi connectivity index (χ3v) is 4.55. The van der Waals surface area contributed by atoms with Crippen LogP contribution in [0, 0.1) is 5.92 Å². The Kier molecular flexibility index (Phi) is 4.29. The van der Waals surface area contributed by atoms with Crippen molar-refractivity contribution in [1.29, 1.82) is 0 Å². The number of carbonyl (C=O) groups is 1. The normalized spacial score (nSPS) is 20.9. The molecule has 1 amide bonds. The lowest BCUT2D eigenvalue weighted by Gasteiger charge is -2.29. The van der Waals surface area contributed by atoms with Crippen LogP contribution in [0.15, 0.2) is 24.3 Å². The third-order valence-electron chi connectivity index (χ3n) is 4.55. The lowest BCUT2D eigenvalue weighted by molar-refractivity contribution is -0.123. The van der Waals surface area contributed by atoms with E-state index in [9.17, 15) is 4.79 Å². The highest BCUT2D eigenvalue weighted by atomic mass is 16.2. The summed E-state index contributed by atoms with van der Waals surface area (Å²) in [5.74, 6) is 0.690. The minimum absolute atomic E-state index is 0.181. The lowest BCUT2D eigenvalue weighted by Crippen LogP contribution is -2.41. The molecule has 3 nitrogen and oxygen atoms in total. The van der Waals surface area contributed by atoms with Crippen LogP contribution in [0.2, 0.25) is 0 Å². The molecule has 0 saturated heterocycles. The molecule has 21 heavy (non-hydrogen) atoms. The van der Waals surface area contributed by atoms with E-state index in [1.54, 1.807) is 0 Å². The van der Waals surface area contributed by atoms with Gasteiger partial charge in [-0.2, -0.15) is 0 Å². The molecular formula is C18H26N2O. The van der Waals surface area contributed by atoms with Crippen LogP contribution in [0.1, 0.15) is 50.3 Å². The Hall–Kier alpha value is -1.35. The van der Waals surface area contributed by atoms with Gasteiger partial charge in [-0.3, -0.25) is 9.69 Å². The van der Waals surface area contributed by atoms with E-state index in [0.717, 1.165) is 19.4 Å². The zero-order valence-electron chi connectivity index (χ0n) is 13.1. The van der Waals surface area contributed by atoms with Gasteiger partial charge in [-0.25, -0.2) is 0 Å². The Bertz CT molecular complexity index is 508. The number of hydrogen-bond acceptors (Lipinski definition) is 2. The van der Waals surface area contributed by atoms with Crippen LogP contribution in [0.5, 0.6) is 0 Å². The number of rotatable bonds is 6. The van der Waals surface area contributed by atoms with Gasteiger partial charge in [0.2, 0.25) is 5.91 Å². The van der Waals surface area contributed by atoms with E-state index >= 15 is 0 Å². The Balaban J connectivity index is 1.67. The van der Waals surface area contributed by atoms with Crippen LogP contribution in [0.3, 0.4) is 0 Å². The molecule has 2 aliphatic carbocycles. The third kappa shape index (κ3) is 3.46. The molecule has 2 aliphatic rings. The predicted octanol–water partition coefficient (Wildman–Crippen LogP) is 2.91. The first-order valence-corrected chi connectivity index (χ1v) is 8.25. The number of carbonyl (C=O) groups excluding carboxylic acids is 1. The molecule has 0 unspecified atom stereocenters. The van der Waals surface area contributed by atoms with E-state index in [0.29, 0.717) is 24.5 Å². The first-order valence-electron chi connectivity index (χ1n) is 8.25. The van der Waals surface area contributed by atoms with Gasteiger partial charge in [0.1, 0.15) is 0 Å². The molecule has 1 aromatic rings. The Morgan fingerprint density at radius 1 is 1.29 bits per heavy atom. The molecule has 1 atom stereocenters. The molecule has 0 aromatic heterocycles. The molecule has 3 rings (SSSR count). The van der Waals surface area contributed by atoms with Gasteiger partial charge in [-0.15, -0.1) is 0 Å². The highest BCUT2D eigenvalue weighted by Gasteiger charge is 2.38. The topological polar surface area (TPSA) is 32.3 Å². The second kappa shape index (κ2) is 6.18. The second-order valence-electron chi connectivity index (χ2n) is 6.85. The van der Waals surface area contributed by atoms with Gasteiger partial charge in [0.05, 0.1) is 6.54 Å². The monoisotopic (exact) mass is 286 g/mol. The highest BCUT2D eigenvalue weighted by molar-refractivity contribution is 5.78. The lowest BCUT2D eigenvalue weighted by atomic mass is 10.1. The van der Waals surface area contributed by atoms with E-state index in [1.165, 1.54) is 24.0 Å². The molecule has 0 radical (unpaired) electrons. The van der Waals surface area contributed by atoms with Crippen molar-refractivity contribution in [3.05, 3.63) is 35.4 Å². The molecular weight excluding hydrogens is 260 g/mol. The molecule has 0 spiro atoms. The average molecular weight is 286 g/mol. The van der Waals surface area contributed by atoms with Crippen LogP contribution in [-0.2, 0) is 11.2 Å². The van der Waals surface area contributed by atoms with Gasteiger partial charge >= 0.3 is 0 Å². The van der Waals surface area contributed by atoms with Crippen LogP contribution in [0.4, 0.5) is 0 Å². The molecule has 0 aliphatic heterocycles. The van der Waals surface area contributed by atoms with Crippen molar-refractivity contribution < 1.29 is 4.79 Å². The number of nitrogens with zero attached hydrogens (tertiary/aromatic N) is 1. The van der Waals surface area contributed by atoms with Crippen LogP contribution >= 0.6 is 0 Å². The zero-order chi connectivity index (χ0) is 14.8. The molecule has 1 aromatic carbocycles. The summed E-state index contributed by atoms with van der Waals surface area (Å²) in [5.41, 5.74) is 2.91. The van der Waals surface area contributed by atoms with Crippen molar-refractivity contribution in [3.8, 4) is 0 Å². The summed E-state index contributed by atoms with van der Waals surface area (Å²) in [6, 6.07) is 9.79. The highest BCUT2D eigenvalue weighted by Crippen LogP contribution is 2.41. The van der Waals surface area contributed by atoms with Gasteiger partial charge in [-0.1, -0.05) is 38.1 Å². The number of amides is 1. The molecule has 1 fully saturated rings. The Morgan fingerprint density at radius 2 is 2.05 bits per heavy atom. The Labute approximate surface area is 127 Å². The Morgan fingerprint density at radius 3 is 2.76 bits per heavy atom. The first kappa shape index (κ1) is 14.6. The summed E-state index contributed by atoms with van der Waals surface area (Å²) in [6.45, 7) is 5.59. The average Bonchev–Trinajstić information content (AvgIpc) is 3.22. The smallest absolute Gasteiger partial charge is 0.234 e. The molecule has 114 valence electrons. The minimum Gasteiger partial charge on any atom is -0.355 e. The molecule has 0 heterocycles. The summed E-state index contributed by atoms with van der Waals surface area (Å²) >= 11 is 0. The largest absolute Gasteiger partial charge is 0.355 e. The molecule has 3 heteroatoms. The van der Waals surface area contributed by atoms with Gasteiger partial charge in [0, 0.05) is 18.6 Å². The van der Waals surface area contributed by atoms with Crippen molar-refractivity contribution in [3.63, 3.8) is 0 Å². The summed E-state index contributed by atoms with van der Waals surface area (Å²) in [5, 5.41) is 3.06. The van der Waals surface area contributed by atoms with E-state index in [1.807, 2.05) is 0 Å². The van der Waals surface area contributed by atoms with E-state index in [4.69, 9.17) is 0 Å². The molecule has 1 saturated carbocycles. The molecule has 0 bridgehead atoms. The zero-order valence-corrected chi connectivity index (χ0v) is 13.1. The maximum Gasteiger partial charge on any atom is 0.234 e. The number of hydrogen-bond donors (Lipinski definition) is 1. The van der Waals surface area contributed by atoms with E-state index in [-0.39, 0.29) is 5.91 Å². The summed E-state index contributed by atoms with van der Waals surface area (Å²) < 4.78 is 0. The number of fused-ring (bicyclic) bond motifs is 1. The van der Waals surface area contributed by atoms with Crippen molar-refractivity contribution in [2.75, 3.05) is 13.1 Å². The van der Waals surface area contributed by atoms with Gasteiger partial charge in [0.15, 0.2) is 0 Å². The predicted molar refractivity (Wildman–Crippen MR) is 85.1 cm³/mol. The minimum atomic E-state index is 0.181. The van der Waals surface area contributed by atoms with Gasteiger partial charge < -0.3 is 5.32 Å². The summed E-state index contributed by atoms with van der Waals surface area (Å²) in [4.78, 5) is 14.7.